The van der Waals surface area contributed by atoms with Crippen LogP contribution in [0.15, 0.2) is 28.7 Å². The molecular weight excluding hydrogens is 364 g/mol. The van der Waals surface area contributed by atoms with Crippen LogP contribution in [0.2, 0.25) is 0 Å². The van der Waals surface area contributed by atoms with Crippen molar-refractivity contribution in [2.24, 2.45) is 5.73 Å². The number of thiophene rings is 1. The summed E-state index contributed by atoms with van der Waals surface area (Å²) in [5.41, 5.74) is 7.60. The van der Waals surface area contributed by atoms with Gasteiger partial charge in [0.15, 0.2) is 5.78 Å². The number of rotatable bonds is 4. The minimum absolute atomic E-state index is 0.102. The van der Waals surface area contributed by atoms with Gasteiger partial charge in [-0.1, -0.05) is 15.9 Å². The average molecular weight is 381 g/mol. The fourth-order valence-electron chi connectivity index (χ4n) is 1.96. The first-order valence-electron chi connectivity index (χ1n) is 6.78. The zero-order valence-corrected chi connectivity index (χ0v) is 15.0. The molecule has 0 aliphatic carbocycles. The summed E-state index contributed by atoms with van der Waals surface area (Å²) in [7, 11) is 0. The van der Waals surface area contributed by atoms with Gasteiger partial charge in [0, 0.05) is 14.9 Å². The van der Waals surface area contributed by atoms with Crippen molar-refractivity contribution < 1.29 is 9.59 Å². The number of ketones is 1. The smallest absolute Gasteiger partial charge is 0.241 e. The van der Waals surface area contributed by atoms with Crippen molar-refractivity contribution in [3.63, 3.8) is 0 Å². The van der Waals surface area contributed by atoms with E-state index < -0.39 is 6.04 Å². The molecular formula is C16H17BrN2O2S. The molecule has 0 saturated heterocycles. The van der Waals surface area contributed by atoms with E-state index in [4.69, 9.17) is 5.73 Å². The van der Waals surface area contributed by atoms with E-state index in [9.17, 15) is 9.59 Å². The number of carbonyl (C=O) groups is 2. The maximum atomic E-state index is 12.8. The number of halogens is 1. The average Bonchev–Trinajstić information content (AvgIpc) is 2.73. The number of benzene rings is 1. The van der Waals surface area contributed by atoms with Gasteiger partial charge in [0.1, 0.15) is 5.00 Å². The van der Waals surface area contributed by atoms with Gasteiger partial charge in [0.2, 0.25) is 5.91 Å². The normalized spacial score (nSPS) is 12.0. The summed E-state index contributed by atoms with van der Waals surface area (Å²) >= 11 is 4.75. The highest BCUT2D eigenvalue weighted by atomic mass is 79.9. The van der Waals surface area contributed by atoms with E-state index in [-0.39, 0.29) is 11.7 Å². The van der Waals surface area contributed by atoms with E-state index in [1.54, 1.807) is 19.1 Å². The molecule has 0 radical (unpaired) electrons. The fourth-order valence-corrected chi connectivity index (χ4v) is 3.28. The van der Waals surface area contributed by atoms with Gasteiger partial charge < -0.3 is 11.1 Å². The molecule has 2 aromatic rings. The van der Waals surface area contributed by atoms with Crippen LogP contribution in [0.1, 0.15) is 33.3 Å². The Morgan fingerprint density at radius 1 is 1.23 bits per heavy atom. The van der Waals surface area contributed by atoms with Gasteiger partial charge in [-0.15, -0.1) is 11.3 Å². The maximum absolute atomic E-state index is 12.8. The Kier molecular flexibility index (Phi) is 5.16. The van der Waals surface area contributed by atoms with Crippen LogP contribution in [0.5, 0.6) is 0 Å². The molecule has 1 aromatic carbocycles. The second kappa shape index (κ2) is 6.73. The molecule has 1 amide bonds. The van der Waals surface area contributed by atoms with Gasteiger partial charge in [-0.05, 0) is 50.6 Å². The number of anilines is 1. The summed E-state index contributed by atoms with van der Waals surface area (Å²) in [6.45, 7) is 5.43. The standard InChI is InChI=1S/C16H17BrN2O2S/c1-8-10(3)22-16(19-15(21)9(2)18)13(8)14(20)11-4-6-12(17)7-5-11/h4-7,9H,18H2,1-3H3,(H,19,21). The van der Waals surface area contributed by atoms with Crippen molar-refractivity contribution in [2.75, 3.05) is 5.32 Å². The van der Waals surface area contributed by atoms with Gasteiger partial charge >= 0.3 is 0 Å². The number of carbonyl (C=O) groups excluding carboxylic acids is 2. The molecule has 0 bridgehead atoms. The van der Waals surface area contributed by atoms with E-state index in [2.05, 4.69) is 21.2 Å². The lowest BCUT2D eigenvalue weighted by Crippen LogP contribution is -2.32. The Labute approximate surface area is 141 Å². The van der Waals surface area contributed by atoms with Crippen LogP contribution >= 0.6 is 27.3 Å². The van der Waals surface area contributed by atoms with Crippen molar-refractivity contribution in [2.45, 2.75) is 26.8 Å². The third-order valence-electron chi connectivity index (χ3n) is 3.37. The first-order valence-corrected chi connectivity index (χ1v) is 8.39. The zero-order chi connectivity index (χ0) is 16.4. The van der Waals surface area contributed by atoms with E-state index >= 15 is 0 Å². The van der Waals surface area contributed by atoms with Crippen molar-refractivity contribution in [1.29, 1.82) is 0 Å². The van der Waals surface area contributed by atoms with Crippen molar-refractivity contribution in [1.82, 2.24) is 0 Å². The molecule has 0 aliphatic rings. The van der Waals surface area contributed by atoms with Crippen molar-refractivity contribution >= 4 is 44.0 Å². The molecule has 4 nitrogen and oxygen atoms in total. The summed E-state index contributed by atoms with van der Waals surface area (Å²) in [4.78, 5) is 25.6. The number of nitrogens with two attached hydrogens (primary N) is 1. The Morgan fingerprint density at radius 2 is 1.82 bits per heavy atom. The molecule has 6 heteroatoms. The lowest BCUT2D eigenvalue weighted by molar-refractivity contribution is -0.117. The molecule has 0 fully saturated rings. The summed E-state index contributed by atoms with van der Waals surface area (Å²) in [5.74, 6) is -0.402. The SMILES string of the molecule is Cc1sc(NC(=O)C(C)N)c(C(=O)c2ccc(Br)cc2)c1C. The van der Waals surface area contributed by atoms with Crippen LogP contribution in [0.3, 0.4) is 0 Å². The van der Waals surface area contributed by atoms with Crippen LogP contribution in [0, 0.1) is 13.8 Å². The van der Waals surface area contributed by atoms with Gasteiger partial charge in [0.05, 0.1) is 11.6 Å². The molecule has 22 heavy (non-hydrogen) atoms. The molecule has 3 N–H and O–H groups in total. The van der Waals surface area contributed by atoms with Crippen LogP contribution in [0.4, 0.5) is 5.00 Å². The molecule has 1 heterocycles. The molecule has 2 rings (SSSR count). The summed E-state index contributed by atoms with van der Waals surface area (Å²) in [6, 6.07) is 6.54. The Hall–Kier alpha value is -1.50. The predicted molar refractivity (Wildman–Crippen MR) is 93.6 cm³/mol. The first-order chi connectivity index (χ1) is 10.3. The van der Waals surface area contributed by atoms with Crippen molar-refractivity contribution in [3.05, 3.63) is 50.3 Å². The highest BCUT2D eigenvalue weighted by Gasteiger charge is 2.22. The van der Waals surface area contributed by atoms with Gasteiger partial charge in [0.25, 0.3) is 0 Å². The van der Waals surface area contributed by atoms with Crippen molar-refractivity contribution in [3.8, 4) is 0 Å². The van der Waals surface area contributed by atoms with Crippen LogP contribution in [-0.4, -0.2) is 17.7 Å². The number of aryl methyl sites for hydroxylation is 1. The van der Waals surface area contributed by atoms with Gasteiger partial charge in [-0.2, -0.15) is 0 Å². The third kappa shape index (κ3) is 3.45. The van der Waals surface area contributed by atoms with E-state index in [0.29, 0.717) is 16.1 Å². The summed E-state index contributed by atoms with van der Waals surface area (Å²) < 4.78 is 0.910. The molecule has 0 spiro atoms. The van der Waals surface area contributed by atoms with E-state index in [1.165, 1.54) is 11.3 Å². The van der Waals surface area contributed by atoms with Gasteiger partial charge in [-0.3, -0.25) is 9.59 Å². The molecule has 0 aliphatic heterocycles. The molecule has 1 aromatic heterocycles. The van der Waals surface area contributed by atoms with Crippen LogP contribution < -0.4 is 11.1 Å². The number of hydrogen-bond acceptors (Lipinski definition) is 4. The quantitative estimate of drug-likeness (QED) is 0.795. The van der Waals surface area contributed by atoms with E-state index in [0.717, 1.165) is 14.9 Å². The van der Waals surface area contributed by atoms with E-state index in [1.807, 2.05) is 26.0 Å². The second-order valence-corrected chi connectivity index (χ2v) is 7.24. The zero-order valence-electron chi connectivity index (χ0n) is 12.6. The minimum Gasteiger partial charge on any atom is -0.320 e. The largest absolute Gasteiger partial charge is 0.320 e. The molecule has 1 unspecified atom stereocenters. The highest BCUT2D eigenvalue weighted by Crippen LogP contribution is 2.34. The van der Waals surface area contributed by atoms with Crippen LogP contribution in [-0.2, 0) is 4.79 Å². The number of amides is 1. The molecule has 116 valence electrons. The Bertz CT molecular complexity index is 720. The number of hydrogen-bond donors (Lipinski definition) is 2. The predicted octanol–water partition coefficient (Wildman–Crippen LogP) is 3.64. The second-order valence-electron chi connectivity index (χ2n) is 5.10. The maximum Gasteiger partial charge on any atom is 0.241 e. The first kappa shape index (κ1) is 16.9. The monoisotopic (exact) mass is 380 g/mol. The lowest BCUT2D eigenvalue weighted by Gasteiger charge is -2.09. The Morgan fingerprint density at radius 3 is 2.36 bits per heavy atom. The number of nitrogens with one attached hydrogen (secondary N) is 1. The lowest BCUT2D eigenvalue weighted by atomic mass is 10.0. The topological polar surface area (TPSA) is 72.2 Å². The summed E-state index contributed by atoms with van der Waals surface area (Å²) in [6.07, 6.45) is 0. The minimum atomic E-state index is -0.627. The third-order valence-corrected chi connectivity index (χ3v) is 5.02. The fraction of sp³-hybridized carbons (Fsp3) is 0.250. The molecule has 0 saturated carbocycles. The van der Waals surface area contributed by atoms with Gasteiger partial charge in [-0.25, -0.2) is 0 Å². The van der Waals surface area contributed by atoms with Crippen LogP contribution in [0.25, 0.3) is 0 Å². The molecule has 1 atom stereocenters. The highest BCUT2D eigenvalue weighted by molar-refractivity contribution is 9.10. The summed E-state index contributed by atoms with van der Waals surface area (Å²) in [5, 5.41) is 3.32. The Balaban J connectivity index is 2.43.